The van der Waals surface area contributed by atoms with Crippen molar-refractivity contribution in [3.05, 3.63) is 29.8 Å². The highest BCUT2D eigenvalue weighted by atomic mass is 32.2. The van der Waals surface area contributed by atoms with Crippen LogP contribution in [-0.4, -0.2) is 55.9 Å². The molecule has 0 bridgehead atoms. The largest absolute Gasteiger partial charge is 0.335 e. The molecule has 1 aromatic carbocycles. The molecule has 0 spiro atoms. The molecule has 2 aliphatic rings. The van der Waals surface area contributed by atoms with E-state index in [1.165, 1.54) is 17.1 Å². The van der Waals surface area contributed by atoms with Crippen molar-refractivity contribution in [1.82, 2.24) is 14.5 Å². The van der Waals surface area contributed by atoms with E-state index in [1.54, 1.807) is 17.0 Å². The molecule has 1 saturated heterocycles. The standard InChI is InChI=1S/C19H29N3O3S/c1-14-4-8-18(9-5-14)26(24,25)22-12-10-17(11-13-22)20-19(23)21(3)15(2)16-6-7-16/h4-5,8-9,15-17H,6-7,10-13H2,1-3H3,(H,20,23). The first-order valence-corrected chi connectivity index (χ1v) is 10.8. The number of benzene rings is 1. The zero-order valence-electron chi connectivity index (χ0n) is 15.8. The Kier molecular flexibility index (Phi) is 5.58. The lowest BCUT2D eigenvalue weighted by Gasteiger charge is -2.33. The van der Waals surface area contributed by atoms with Crippen molar-refractivity contribution in [3.63, 3.8) is 0 Å². The van der Waals surface area contributed by atoms with Crippen LogP contribution in [0.25, 0.3) is 0 Å². The Hall–Kier alpha value is -1.60. The van der Waals surface area contributed by atoms with Crippen LogP contribution in [0.15, 0.2) is 29.2 Å². The molecule has 1 aliphatic carbocycles. The molecule has 6 nitrogen and oxygen atoms in total. The first kappa shape index (κ1) is 19.2. The Bertz CT molecular complexity index is 736. The van der Waals surface area contributed by atoms with Crippen LogP contribution in [-0.2, 0) is 10.0 Å². The van der Waals surface area contributed by atoms with E-state index in [-0.39, 0.29) is 18.1 Å². The van der Waals surface area contributed by atoms with Crippen LogP contribution in [0.4, 0.5) is 4.79 Å². The molecular weight excluding hydrogens is 350 g/mol. The number of amides is 2. The molecule has 1 unspecified atom stereocenters. The SMILES string of the molecule is Cc1ccc(S(=O)(=O)N2CCC(NC(=O)N(C)C(C)C3CC3)CC2)cc1. The molecule has 1 atom stereocenters. The number of nitrogens with zero attached hydrogens (tertiary/aromatic N) is 2. The normalized spacial score (nSPS) is 20.6. The van der Waals surface area contributed by atoms with E-state index in [0.717, 1.165) is 5.56 Å². The molecule has 1 aliphatic heterocycles. The highest BCUT2D eigenvalue weighted by Crippen LogP contribution is 2.34. The van der Waals surface area contributed by atoms with Gasteiger partial charge in [0.15, 0.2) is 0 Å². The summed E-state index contributed by atoms with van der Waals surface area (Å²) in [5, 5.41) is 3.07. The number of rotatable bonds is 5. The average Bonchev–Trinajstić information content (AvgIpc) is 3.46. The number of urea groups is 1. The Morgan fingerprint density at radius 2 is 1.73 bits per heavy atom. The molecule has 0 radical (unpaired) electrons. The second-order valence-corrected chi connectivity index (χ2v) is 9.57. The summed E-state index contributed by atoms with van der Waals surface area (Å²) in [6, 6.07) is 7.19. The predicted molar refractivity (Wildman–Crippen MR) is 101 cm³/mol. The Balaban J connectivity index is 1.53. The number of carbonyl (C=O) groups is 1. The number of sulfonamides is 1. The maximum absolute atomic E-state index is 12.7. The monoisotopic (exact) mass is 379 g/mol. The molecule has 2 fully saturated rings. The summed E-state index contributed by atoms with van der Waals surface area (Å²) >= 11 is 0. The lowest BCUT2D eigenvalue weighted by atomic mass is 10.1. The molecule has 1 N–H and O–H groups in total. The van der Waals surface area contributed by atoms with Gasteiger partial charge in [-0.3, -0.25) is 0 Å². The summed E-state index contributed by atoms with van der Waals surface area (Å²) in [5.74, 6) is 0.632. The third-order valence-electron chi connectivity index (χ3n) is 5.68. The van der Waals surface area contributed by atoms with Crippen LogP contribution in [0.5, 0.6) is 0 Å². The van der Waals surface area contributed by atoms with Gasteiger partial charge in [-0.1, -0.05) is 17.7 Å². The Morgan fingerprint density at radius 3 is 2.27 bits per heavy atom. The van der Waals surface area contributed by atoms with Gasteiger partial charge in [0.1, 0.15) is 0 Å². The van der Waals surface area contributed by atoms with Crippen molar-refractivity contribution in [2.75, 3.05) is 20.1 Å². The van der Waals surface area contributed by atoms with Crippen LogP contribution < -0.4 is 5.32 Å². The molecule has 1 saturated carbocycles. The maximum atomic E-state index is 12.7. The predicted octanol–water partition coefficient (Wildman–Crippen LogP) is 2.59. The van der Waals surface area contributed by atoms with Gasteiger partial charge in [-0.25, -0.2) is 13.2 Å². The zero-order chi connectivity index (χ0) is 18.9. The molecule has 1 heterocycles. The quantitative estimate of drug-likeness (QED) is 0.855. The molecule has 144 valence electrons. The summed E-state index contributed by atoms with van der Waals surface area (Å²) in [6.07, 6.45) is 3.69. The van der Waals surface area contributed by atoms with Crippen molar-refractivity contribution in [3.8, 4) is 0 Å². The Morgan fingerprint density at radius 1 is 1.15 bits per heavy atom. The fourth-order valence-electron chi connectivity index (χ4n) is 3.46. The van der Waals surface area contributed by atoms with Crippen molar-refractivity contribution in [2.24, 2.45) is 5.92 Å². The third kappa shape index (κ3) is 4.20. The van der Waals surface area contributed by atoms with Gasteiger partial charge < -0.3 is 10.2 Å². The second kappa shape index (κ2) is 7.56. The summed E-state index contributed by atoms with van der Waals surface area (Å²) < 4.78 is 27.0. The van der Waals surface area contributed by atoms with E-state index in [0.29, 0.717) is 36.7 Å². The van der Waals surface area contributed by atoms with E-state index < -0.39 is 10.0 Å². The number of hydrogen-bond donors (Lipinski definition) is 1. The lowest BCUT2D eigenvalue weighted by Crippen LogP contribution is -2.51. The summed E-state index contributed by atoms with van der Waals surface area (Å²) in [7, 11) is -1.61. The molecule has 3 rings (SSSR count). The molecule has 2 amide bonds. The number of nitrogens with one attached hydrogen (secondary N) is 1. The summed E-state index contributed by atoms with van der Waals surface area (Å²) in [4.78, 5) is 14.5. The van der Waals surface area contributed by atoms with Crippen molar-refractivity contribution < 1.29 is 13.2 Å². The molecule has 7 heteroatoms. The number of piperidine rings is 1. The smallest absolute Gasteiger partial charge is 0.317 e. The van der Waals surface area contributed by atoms with Gasteiger partial charge in [-0.05, 0) is 57.6 Å². The first-order valence-electron chi connectivity index (χ1n) is 9.39. The van der Waals surface area contributed by atoms with E-state index in [9.17, 15) is 13.2 Å². The van der Waals surface area contributed by atoms with E-state index in [1.807, 2.05) is 26.1 Å². The second-order valence-electron chi connectivity index (χ2n) is 7.63. The minimum Gasteiger partial charge on any atom is -0.335 e. The van der Waals surface area contributed by atoms with Crippen LogP contribution in [0.2, 0.25) is 0 Å². The summed E-state index contributed by atoms with van der Waals surface area (Å²) in [6.45, 7) is 4.89. The summed E-state index contributed by atoms with van der Waals surface area (Å²) in [5.41, 5.74) is 1.04. The van der Waals surface area contributed by atoms with Crippen LogP contribution in [0.3, 0.4) is 0 Å². The average molecular weight is 380 g/mol. The van der Waals surface area contributed by atoms with E-state index >= 15 is 0 Å². The third-order valence-corrected chi connectivity index (χ3v) is 7.59. The lowest BCUT2D eigenvalue weighted by molar-refractivity contribution is 0.178. The minimum absolute atomic E-state index is 0.0285. The minimum atomic E-state index is -3.45. The number of hydrogen-bond acceptors (Lipinski definition) is 3. The maximum Gasteiger partial charge on any atom is 0.317 e. The number of aryl methyl sites for hydroxylation is 1. The highest BCUT2D eigenvalue weighted by molar-refractivity contribution is 7.89. The van der Waals surface area contributed by atoms with Crippen molar-refractivity contribution in [2.45, 2.75) is 56.5 Å². The van der Waals surface area contributed by atoms with Gasteiger partial charge >= 0.3 is 6.03 Å². The van der Waals surface area contributed by atoms with E-state index in [2.05, 4.69) is 12.2 Å². The van der Waals surface area contributed by atoms with Gasteiger partial charge in [0, 0.05) is 32.2 Å². The van der Waals surface area contributed by atoms with Crippen molar-refractivity contribution >= 4 is 16.1 Å². The fourth-order valence-corrected chi connectivity index (χ4v) is 4.93. The number of carbonyl (C=O) groups excluding carboxylic acids is 1. The first-order chi connectivity index (χ1) is 12.3. The van der Waals surface area contributed by atoms with Gasteiger partial charge in [0.05, 0.1) is 4.90 Å². The van der Waals surface area contributed by atoms with Crippen LogP contribution in [0, 0.1) is 12.8 Å². The molecule has 0 aromatic heterocycles. The topological polar surface area (TPSA) is 69.7 Å². The zero-order valence-corrected chi connectivity index (χ0v) is 16.6. The van der Waals surface area contributed by atoms with Gasteiger partial charge in [-0.15, -0.1) is 0 Å². The van der Waals surface area contributed by atoms with Gasteiger partial charge in [0.25, 0.3) is 0 Å². The molecule has 26 heavy (non-hydrogen) atoms. The van der Waals surface area contributed by atoms with Crippen LogP contribution >= 0.6 is 0 Å². The van der Waals surface area contributed by atoms with Gasteiger partial charge in [0.2, 0.25) is 10.0 Å². The van der Waals surface area contributed by atoms with Gasteiger partial charge in [-0.2, -0.15) is 4.31 Å². The molecule has 1 aromatic rings. The fraction of sp³-hybridized carbons (Fsp3) is 0.632. The Labute approximate surface area is 156 Å². The van der Waals surface area contributed by atoms with E-state index in [4.69, 9.17) is 0 Å². The highest BCUT2D eigenvalue weighted by Gasteiger charge is 2.34. The molecular formula is C19H29N3O3S. The van der Waals surface area contributed by atoms with Crippen LogP contribution in [0.1, 0.15) is 38.2 Å². The van der Waals surface area contributed by atoms with Crippen molar-refractivity contribution in [1.29, 1.82) is 0 Å².